The highest BCUT2D eigenvalue weighted by Gasteiger charge is 2.30. The predicted molar refractivity (Wildman–Crippen MR) is 60.5 cm³/mol. The van der Waals surface area contributed by atoms with Gasteiger partial charge in [0.25, 0.3) is 0 Å². The number of hydrogen-bond acceptors (Lipinski definition) is 5. The van der Waals surface area contributed by atoms with Crippen LogP contribution < -0.4 is 11.1 Å². The maximum atomic E-state index is 11.8. The standard InChI is InChI=1S/C11H20N2O4/c12-5-8-1-2-10(17-8)11(14)13-6-9-7-15-3-4-16-9/h8-10H,1-7,12H2,(H,13,14). The van der Waals surface area contributed by atoms with Crippen LogP contribution >= 0.6 is 0 Å². The minimum Gasteiger partial charge on any atom is -0.376 e. The Bertz CT molecular complexity index is 256. The molecule has 3 unspecified atom stereocenters. The molecule has 6 heteroatoms. The molecule has 0 bridgehead atoms. The lowest BCUT2D eigenvalue weighted by Gasteiger charge is -2.23. The van der Waals surface area contributed by atoms with Crippen molar-refractivity contribution >= 4 is 5.91 Å². The minimum absolute atomic E-state index is 0.0278. The first kappa shape index (κ1) is 12.8. The molecule has 98 valence electrons. The summed E-state index contributed by atoms with van der Waals surface area (Å²) < 4.78 is 16.2. The third-order valence-corrected chi connectivity index (χ3v) is 3.05. The topological polar surface area (TPSA) is 82.8 Å². The summed E-state index contributed by atoms with van der Waals surface area (Å²) in [6.07, 6.45) is 1.24. The van der Waals surface area contributed by atoms with Crippen LogP contribution in [0.2, 0.25) is 0 Å². The van der Waals surface area contributed by atoms with Crippen molar-refractivity contribution in [2.45, 2.75) is 31.2 Å². The third-order valence-electron chi connectivity index (χ3n) is 3.05. The number of rotatable bonds is 4. The van der Waals surface area contributed by atoms with Gasteiger partial charge in [0.2, 0.25) is 5.91 Å². The molecule has 0 spiro atoms. The normalized spacial score (nSPS) is 33.6. The molecule has 6 nitrogen and oxygen atoms in total. The van der Waals surface area contributed by atoms with Crippen molar-refractivity contribution in [2.75, 3.05) is 32.9 Å². The summed E-state index contributed by atoms with van der Waals surface area (Å²) in [5.74, 6) is -0.0740. The zero-order valence-corrected chi connectivity index (χ0v) is 9.89. The first-order valence-corrected chi connectivity index (χ1v) is 6.12. The molecule has 2 saturated heterocycles. The van der Waals surface area contributed by atoms with Crippen molar-refractivity contribution in [3.05, 3.63) is 0 Å². The zero-order chi connectivity index (χ0) is 12.1. The van der Waals surface area contributed by atoms with Gasteiger partial charge in [-0.05, 0) is 12.8 Å². The summed E-state index contributed by atoms with van der Waals surface area (Å²) in [4.78, 5) is 11.8. The molecule has 2 aliphatic heterocycles. The van der Waals surface area contributed by atoms with Crippen molar-refractivity contribution < 1.29 is 19.0 Å². The molecule has 0 radical (unpaired) electrons. The Hall–Kier alpha value is -0.690. The van der Waals surface area contributed by atoms with E-state index in [2.05, 4.69) is 5.32 Å². The van der Waals surface area contributed by atoms with Gasteiger partial charge in [0.05, 0.1) is 32.0 Å². The van der Waals surface area contributed by atoms with E-state index in [0.717, 1.165) is 12.8 Å². The van der Waals surface area contributed by atoms with E-state index in [4.69, 9.17) is 19.9 Å². The van der Waals surface area contributed by atoms with Crippen molar-refractivity contribution in [3.63, 3.8) is 0 Å². The van der Waals surface area contributed by atoms with Crippen LogP contribution in [0, 0.1) is 0 Å². The summed E-state index contributed by atoms with van der Waals surface area (Å²) in [7, 11) is 0. The second-order valence-corrected chi connectivity index (χ2v) is 4.37. The molecule has 0 aromatic carbocycles. The molecule has 2 fully saturated rings. The number of carbonyl (C=O) groups excluding carboxylic acids is 1. The molecule has 0 aromatic rings. The van der Waals surface area contributed by atoms with Gasteiger partial charge in [-0.3, -0.25) is 4.79 Å². The summed E-state index contributed by atoms with van der Waals surface area (Å²) in [5, 5.41) is 2.83. The van der Waals surface area contributed by atoms with E-state index in [1.54, 1.807) is 0 Å². The Kier molecular flexibility index (Phi) is 4.73. The molecule has 17 heavy (non-hydrogen) atoms. The lowest BCUT2D eigenvalue weighted by atomic mass is 10.2. The van der Waals surface area contributed by atoms with E-state index in [-0.39, 0.29) is 24.2 Å². The van der Waals surface area contributed by atoms with Crippen LogP contribution in [0.4, 0.5) is 0 Å². The van der Waals surface area contributed by atoms with Crippen LogP contribution in [0.5, 0.6) is 0 Å². The van der Waals surface area contributed by atoms with E-state index in [0.29, 0.717) is 32.9 Å². The number of amides is 1. The van der Waals surface area contributed by atoms with Crippen LogP contribution in [-0.2, 0) is 19.0 Å². The van der Waals surface area contributed by atoms with Gasteiger partial charge in [-0.2, -0.15) is 0 Å². The van der Waals surface area contributed by atoms with Gasteiger partial charge < -0.3 is 25.3 Å². The fourth-order valence-electron chi connectivity index (χ4n) is 2.05. The van der Waals surface area contributed by atoms with Crippen molar-refractivity contribution in [3.8, 4) is 0 Å². The van der Waals surface area contributed by atoms with Gasteiger partial charge in [-0.1, -0.05) is 0 Å². The highest BCUT2D eigenvalue weighted by Crippen LogP contribution is 2.18. The second-order valence-electron chi connectivity index (χ2n) is 4.37. The lowest BCUT2D eigenvalue weighted by Crippen LogP contribution is -2.43. The zero-order valence-electron chi connectivity index (χ0n) is 9.89. The van der Waals surface area contributed by atoms with Crippen LogP contribution in [0.1, 0.15) is 12.8 Å². The van der Waals surface area contributed by atoms with Crippen LogP contribution in [0.15, 0.2) is 0 Å². The quantitative estimate of drug-likeness (QED) is 0.664. The Balaban J connectivity index is 1.66. The Labute approximate surface area is 101 Å². The van der Waals surface area contributed by atoms with Crippen LogP contribution in [0.25, 0.3) is 0 Å². The van der Waals surface area contributed by atoms with Crippen molar-refractivity contribution in [1.82, 2.24) is 5.32 Å². The Morgan fingerprint density at radius 3 is 2.82 bits per heavy atom. The van der Waals surface area contributed by atoms with Gasteiger partial charge in [-0.15, -0.1) is 0 Å². The fraction of sp³-hybridized carbons (Fsp3) is 0.909. The van der Waals surface area contributed by atoms with Crippen LogP contribution in [-0.4, -0.2) is 57.1 Å². The smallest absolute Gasteiger partial charge is 0.249 e. The van der Waals surface area contributed by atoms with E-state index in [9.17, 15) is 4.79 Å². The highest BCUT2D eigenvalue weighted by atomic mass is 16.6. The summed E-state index contributed by atoms with van der Waals surface area (Å²) in [5.41, 5.74) is 5.49. The average Bonchev–Trinajstić information content (AvgIpc) is 2.86. The van der Waals surface area contributed by atoms with E-state index < -0.39 is 0 Å². The average molecular weight is 244 g/mol. The van der Waals surface area contributed by atoms with Gasteiger partial charge in [0.15, 0.2) is 0 Å². The molecule has 1 amide bonds. The second kappa shape index (κ2) is 6.30. The van der Waals surface area contributed by atoms with E-state index >= 15 is 0 Å². The summed E-state index contributed by atoms with van der Waals surface area (Å²) in [6.45, 7) is 2.72. The minimum atomic E-state index is -0.354. The summed E-state index contributed by atoms with van der Waals surface area (Å²) in [6, 6.07) is 0. The maximum absolute atomic E-state index is 11.8. The highest BCUT2D eigenvalue weighted by molar-refractivity contribution is 5.81. The molecule has 2 heterocycles. The SMILES string of the molecule is NCC1CCC(C(=O)NCC2COCCO2)O1. The van der Waals surface area contributed by atoms with E-state index in [1.165, 1.54) is 0 Å². The number of nitrogens with two attached hydrogens (primary N) is 1. The molecule has 0 saturated carbocycles. The van der Waals surface area contributed by atoms with Crippen molar-refractivity contribution in [1.29, 1.82) is 0 Å². The fourth-order valence-corrected chi connectivity index (χ4v) is 2.05. The molecule has 3 N–H and O–H groups in total. The van der Waals surface area contributed by atoms with Gasteiger partial charge in [0.1, 0.15) is 6.10 Å². The van der Waals surface area contributed by atoms with Gasteiger partial charge in [-0.25, -0.2) is 0 Å². The van der Waals surface area contributed by atoms with Gasteiger partial charge >= 0.3 is 0 Å². The molecular formula is C11H20N2O4. The predicted octanol–water partition coefficient (Wildman–Crippen LogP) is -0.976. The Morgan fingerprint density at radius 1 is 1.29 bits per heavy atom. The maximum Gasteiger partial charge on any atom is 0.249 e. The molecule has 0 aliphatic carbocycles. The van der Waals surface area contributed by atoms with Crippen LogP contribution in [0.3, 0.4) is 0 Å². The first-order valence-electron chi connectivity index (χ1n) is 6.12. The van der Waals surface area contributed by atoms with E-state index in [1.807, 2.05) is 0 Å². The molecular weight excluding hydrogens is 224 g/mol. The molecule has 2 aliphatic rings. The monoisotopic (exact) mass is 244 g/mol. The number of carbonyl (C=O) groups is 1. The number of ether oxygens (including phenoxy) is 3. The first-order chi connectivity index (χ1) is 8.29. The largest absolute Gasteiger partial charge is 0.376 e. The number of nitrogens with one attached hydrogen (secondary N) is 1. The molecule has 2 rings (SSSR count). The number of hydrogen-bond donors (Lipinski definition) is 2. The Morgan fingerprint density at radius 2 is 2.18 bits per heavy atom. The van der Waals surface area contributed by atoms with Gasteiger partial charge in [0, 0.05) is 13.1 Å². The third kappa shape index (κ3) is 3.64. The molecule has 3 atom stereocenters. The van der Waals surface area contributed by atoms with Crippen molar-refractivity contribution in [2.24, 2.45) is 5.73 Å². The lowest BCUT2D eigenvalue weighted by molar-refractivity contribution is -0.134. The molecule has 0 aromatic heterocycles. The summed E-state index contributed by atoms with van der Waals surface area (Å²) >= 11 is 0.